The number of aromatic amines is 1. The highest BCUT2D eigenvalue weighted by molar-refractivity contribution is 6.06. The molecular weight excluding hydrogens is 280 g/mol. The number of carbonyl (C=O) groups excluding carboxylic acids is 1. The summed E-state index contributed by atoms with van der Waals surface area (Å²) in [7, 11) is 1.61. The molecule has 0 aliphatic rings. The van der Waals surface area contributed by atoms with E-state index in [1.165, 1.54) is 0 Å². The van der Waals surface area contributed by atoms with E-state index in [-0.39, 0.29) is 5.91 Å². The minimum absolute atomic E-state index is 0.244. The van der Waals surface area contributed by atoms with Gasteiger partial charge in [-0.15, -0.1) is 0 Å². The fourth-order valence-electron chi connectivity index (χ4n) is 2.23. The molecule has 3 aromatic rings. The zero-order chi connectivity index (χ0) is 15.5. The van der Waals surface area contributed by atoms with Crippen molar-refractivity contribution >= 4 is 22.5 Å². The predicted molar refractivity (Wildman–Crippen MR) is 84.2 cm³/mol. The maximum atomic E-state index is 12.3. The quantitative estimate of drug-likeness (QED) is 0.776. The molecule has 1 aromatic carbocycles. The number of aryl methyl sites for hydroxylation is 1. The summed E-state index contributed by atoms with van der Waals surface area (Å²) in [6.45, 7) is 1.98. The van der Waals surface area contributed by atoms with Crippen LogP contribution in [0.2, 0.25) is 0 Å². The standard InChI is InChI=1S/C16H16N4O2/c1-3-15-17-8-10(9-18-15)19-16(21)13-7-11-12(20-13)5-4-6-14(11)22-2/h4-9,20H,3H2,1-2H3,(H,19,21). The number of rotatable bonds is 4. The van der Waals surface area contributed by atoms with Gasteiger partial charge in [-0.3, -0.25) is 4.79 Å². The number of methoxy groups -OCH3 is 1. The highest BCUT2D eigenvalue weighted by atomic mass is 16.5. The van der Waals surface area contributed by atoms with E-state index in [1.54, 1.807) is 25.6 Å². The average molecular weight is 296 g/mol. The summed E-state index contributed by atoms with van der Waals surface area (Å²) in [6.07, 6.45) is 3.97. The molecule has 0 bridgehead atoms. The summed E-state index contributed by atoms with van der Waals surface area (Å²) in [4.78, 5) is 23.7. The molecule has 6 heteroatoms. The first kappa shape index (κ1) is 14.1. The Morgan fingerprint density at radius 1 is 1.32 bits per heavy atom. The lowest BCUT2D eigenvalue weighted by Gasteiger charge is -2.03. The van der Waals surface area contributed by atoms with Crippen molar-refractivity contribution in [2.24, 2.45) is 0 Å². The van der Waals surface area contributed by atoms with E-state index < -0.39 is 0 Å². The van der Waals surface area contributed by atoms with E-state index in [2.05, 4.69) is 20.3 Å². The molecule has 1 amide bonds. The van der Waals surface area contributed by atoms with Gasteiger partial charge in [0.05, 0.1) is 25.2 Å². The van der Waals surface area contributed by atoms with Crippen molar-refractivity contribution < 1.29 is 9.53 Å². The third-order valence-corrected chi connectivity index (χ3v) is 3.37. The zero-order valence-electron chi connectivity index (χ0n) is 12.4. The van der Waals surface area contributed by atoms with Gasteiger partial charge in [0.2, 0.25) is 0 Å². The molecular formula is C16H16N4O2. The van der Waals surface area contributed by atoms with E-state index in [4.69, 9.17) is 4.74 Å². The molecule has 0 spiro atoms. The lowest BCUT2D eigenvalue weighted by molar-refractivity contribution is 0.102. The first-order valence-corrected chi connectivity index (χ1v) is 6.99. The number of nitrogens with zero attached hydrogens (tertiary/aromatic N) is 2. The number of ether oxygens (including phenoxy) is 1. The first-order valence-electron chi connectivity index (χ1n) is 6.99. The number of H-pyrrole nitrogens is 1. The molecule has 2 aromatic heterocycles. The van der Waals surface area contributed by atoms with Gasteiger partial charge in [0.25, 0.3) is 5.91 Å². The molecule has 0 aliphatic heterocycles. The average Bonchev–Trinajstić information content (AvgIpc) is 2.99. The molecule has 3 rings (SSSR count). The molecule has 0 atom stereocenters. The van der Waals surface area contributed by atoms with Gasteiger partial charge in [0, 0.05) is 17.3 Å². The van der Waals surface area contributed by atoms with Crippen LogP contribution in [-0.4, -0.2) is 28.0 Å². The monoisotopic (exact) mass is 296 g/mol. The molecule has 0 unspecified atom stereocenters. The van der Waals surface area contributed by atoms with Crippen LogP contribution in [0.1, 0.15) is 23.2 Å². The van der Waals surface area contributed by atoms with E-state index in [0.29, 0.717) is 11.4 Å². The van der Waals surface area contributed by atoms with Crippen LogP contribution in [-0.2, 0) is 6.42 Å². The second-order valence-corrected chi connectivity index (χ2v) is 4.80. The molecule has 22 heavy (non-hydrogen) atoms. The molecule has 0 radical (unpaired) electrons. The van der Waals surface area contributed by atoms with Gasteiger partial charge >= 0.3 is 0 Å². The van der Waals surface area contributed by atoms with E-state index >= 15 is 0 Å². The fraction of sp³-hybridized carbons (Fsp3) is 0.188. The van der Waals surface area contributed by atoms with Crippen molar-refractivity contribution in [1.82, 2.24) is 15.0 Å². The minimum Gasteiger partial charge on any atom is -0.496 e. The molecule has 112 valence electrons. The first-order chi connectivity index (χ1) is 10.7. The number of nitrogens with one attached hydrogen (secondary N) is 2. The van der Waals surface area contributed by atoms with Gasteiger partial charge in [-0.25, -0.2) is 9.97 Å². The van der Waals surface area contributed by atoms with Crippen molar-refractivity contribution in [2.75, 3.05) is 12.4 Å². The topological polar surface area (TPSA) is 79.9 Å². The van der Waals surface area contributed by atoms with E-state index in [9.17, 15) is 4.79 Å². The van der Waals surface area contributed by atoms with Crippen LogP contribution in [0.5, 0.6) is 5.75 Å². The summed E-state index contributed by atoms with van der Waals surface area (Å²) >= 11 is 0. The minimum atomic E-state index is -0.244. The maximum Gasteiger partial charge on any atom is 0.272 e. The van der Waals surface area contributed by atoms with Crippen LogP contribution in [0.3, 0.4) is 0 Å². The number of hydrogen-bond acceptors (Lipinski definition) is 4. The number of anilines is 1. The Bertz CT molecular complexity index is 809. The molecule has 2 heterocycles. The number of fused-ring (bicyclic) bond motifs is 1. The van der Waals surface area contributed by atoms with Gasteiger partial charge in [-0.2, -0.15) is 0 Å². The predicted octanol–water partition coefficient (Wildman–Crippen LogP) is 2.78. The largest absolute Gasteiger partial charge is 0.496 e. The number of hydrogen-bond donors (Lipinski definition) is 2. The third-order valence-electron chi connectivity index (χ3n) is 3.37. The van der Waals surface area contributed by atoms with Crippen molar-refractivity contribution in [3.8, 4) is 5.75 Å². The summed E-state index contributed by atoms with van der Waals surface area (Å²) in [5.74, 6) is 1.22. The van der Waals surface area contributed by atoms with E-state index in [1.807, 2.05) is 25.1 Å². The van der Waals surface area contributed by atoms with Gasteiger partial charge in [-0.05, 0) is 18.2 Å². The molecule has 0 saturated carbocycles. The number of amides is 1. The molecule has 0 saturated heterocycles. The van der Waals surface area contributed by atoms with Crippen molar-refractivity contribution in [3.05, 3.63) is 48.2 Å². The number of benzene rings is 1. The molecule has 2 N–H and O–H groups in total. The van der Waals surface area contributed by atoms with Crippen LogP contribution >= 0.6 is 0 Å². The third kappa shape index (κ3) is 2.63. The fourth-order valence-corrected chi connectivity index (χ4v) is 2.23. The van der Waals surface area contributed by atoms with Crippen molar-refractivity contribution in [2.45, 2.75) is 13.3 Å². The second kappa shape index (κ2) is 5.85. The summed E-state index contributed by atoms with van der Waals surface area (Å²) in [6, 6.07) is 7.39. The van der Waals surface area contributed by atoms with Crippen LogP contribution in [0.25, 0.3) is 10.9 Å². The van der Waals surface area contributed by atoms with E-state index in [0.717, 1.165) is 28.9 Å². The highest BCUT2D eigenvalue weighted by Crippen LogP contribution is 2.26. The Labute approximate surface area is 127 Å². The Morgan fingerprint density at radius 2 is 2.09 bits per heavy atom. The van der Waals surface area contributed by atoms with Crippen LogP contribution in [0, 0.1) is 0 Å². The lowest BCUT2D eigenvalue weighted by Crippen LogP contribution is -2.12. The second-order valence-electron chi connectivity index (χ2n) is 4.80. The Hall–Kier alpha value is -2.89. The van der Waals surface area contributed by atoms with Gasteiger partial charge in [-0.1, -0.05) is 13.0 Å². The molecule has 0 fully saturated rings. The van der Waals surface area contributed by atoms with Crippen molar-refractivity contribution in [1.29, 1.82) is 0 Å². The summed E-state index contributed by atoms with van der Waals surface area (Å²) < 4.78 is 5.29. The SMILES string of the molecule is CCc1ncc(NC(=O)c2cc3c(OC)cccc3[nH]2)cn1. The summed E-state index contributed by atoms with van der Waals surface area (Å²) in [5.41, 5.74) is 1.87. The molecule has 6 nitrogen and oxygen atoms in total. The highest BCUT2D eigenvalue weighted by Gasteiger charge is 2.12. The number of aromatic nitrogens is 3. The van der Waals surface area contributed by atoms with Crippen LogP contribution in [0.4, 0.5) is 5.69 Å². The number of carbonyl (C=O) groups is 1. The van der Waals surface area contributed by atoms with Gasteiger partial charge < -0.3 is 15.0 Å². The zero-order valence-corrected chi connectivity index (χ0v) is 12.4. The normalized spacial score (nSPS) is 10.6. The molecule has 0 aliphatic carbocycles. The summed E-state index contributed by atoms with van der Waals surface area (Å²) in [5, 5.41) is 3.64. The van der Waals surface area contributed by atoms with Crippen molar-refractivity contribution in [3.63, 3.8) is 0 Å². The Morgan fingerprint density at radius 3 is 2.77 bits per heavy atom. The van der Waals surface area contributed by atoms with Gasteiger partial charge in [0.15, 0.2) is 0 Å². The van der Waals surface area contributed by atoms with Crippen LogP contribution < -0.4 is 10.1 Å². The van der Waals surface area contributed by atoms with Gasteiger partial charge in [0.1, 0.15) is 17.3 Å². The van der Waals surface area contributed by atoms with Crippen LogP contribution in [0.15, 0.2) is 36.7 Å². The smallest absolute Gasteiger partial charge is 0.272 e. The maximum absolute atomic E-state index is 12.3. The lowest BCUT2D eigenvalue weighted by atomic mass is 10.2. The Kier molecular flexibility index (Phi) is 3.74. The Balaban J connectivity index is 1.85.